The molecular weight excluding hydrogens is 180 g/mol. The maximum absolute atomic E-state index is 11.5. The van der Waals surface area contributed by atoms with Crippen molar-refractivity contribution in [1.82, 2.24) is 0 Å². The zero-order valence-corrected chi connectivity index (χ0v) is 9.34. The van der Waals surface area contributed by atoms with E-state index in [4.69, 9.17) is 0 Å². The molecule has 3 heteroatoms. The largest absolute Gasteiger partial charge is 0.468 e. The summed E-state index contributed by atoms with van der Waals surface area (Å²) in [6.07, 6.45) is 3.78. The molecule has 0 saturated heterocycles. The highest BCUT2D eigenvalue weighted by Crippen LogP contribution is 2.14. The fourth-order valence-corrected chi connectivity index (χ4v) is 1.38. The predicted molar refractivity (Wildman–Crippen MR) is 54.9 cm³/mol. The van der Waals surface area contributed by atoms with Crippen molar-refractivity contribution >= 4 is 11.8 Å². The van der Waals surface area contributed by atoms with E-state index >= 15 is 0 Å². The number of Topliss-reactive ketones (excluding diaryl/α,β-unsaturated/α-hetero) is 1. The average Bonchev–Trinajstić information content (AvgIpc) is 2.18. The molecule has 0 fully saturated rings. The minimum Gasteiger partial charge on any atom is -0.468 e. The summed E-state index contributed by atoms with van der Waals surface area (Å²) in [5.74, 6) is -0.885. The maximum Gasteiger partial charge on any atom is 0.316 e. The Labute approximate surface area is 85.8 Å². The van der Waals surface area contributed by atoms with Crippen molar-refractivity contribution in [3.05, 3.63) is 0 Å². The van der Waals surface area contributed by atoms with E-state index in [1.807, 2.05) is 13.8 Å². The van der Waals surface area contributed by atoms with E-state index in [1.165, 1.54) is 7.11 Å². The average molecular weight is 200 g/mol. The van der Waals surface area contributed by atoms with Crippen LogP contribution in [0.3, 0.4) is 0 Å². The summed E-state index contributed by atoms with van der Waals surface area (Å²) in [5.41, 5.74) is 0. The van der Waals surface area contributed by atoms with E-state index in [0.29, 0.717) is 12.8 Å². The Morgan fingerprint density at radius 1 is 1.21 bits per heavy atom. The minimum absolute atomic E-state index is 0.0211. The number of ketones is 1. The van der Waals surface area contributed by atoms with Gasteiger partial charge < -0.3 is 4.74 Å². The van der Waals surface area contributed by atoms with Gasteiger partial charge in [-0.25, -0.2) is 0 Å². The summed E-state index contributed by atoms with van der Waals surface area (Å²) in [5, 5.41) is 0. The van der Waals surface area contributed by atoms with Crippen molar-refractivity contribution in [2.45, 2.75) is 46.0 Å². The second-order valence-electron chi connectivity index (χ2n) is 3.43. The molecule has 1 unspecified atom stereocenters. The molecule has 0 aromatic rings. The predicted octanol–water partition coefficient (Wildman–Crippen LogP) is 2.33. The molecule has 1 atom stereocenters. The summed E-state index contributed by atoms with van der Waals surface area (Å²) < 4.78 is 4.62. The summed E-state index contributed by atoms with van der Waals surface area (Å²) >= 11 is 0. The van der Waals surface area contributed by atoms with Crippen LogP contribution in [-0.4, -0.2) is 18.9 Å². The first kappa shape index (κ1) is 13.1. The molecule has 0 aromatic heterocycles. The quantitative estimate of drug-likeness (QED) is 0.468. The lowest BCUT2D eigenvalue weighted by Gasteiger charge is -2.12. The first-order valence-corrected chi connectivity index (χ1v) is 5.27. The number of ether oxygens (including phenoxy) is 1. The fraction of sp³-hybridized carbons (Fsp3) is 0.818. The van der Waals surface area contributed by atoms with E-state index in [0.717, 1.165) is 19.3 Å². The molecule has 0 N–H and O–H groups in total. The first-order chi connectivity index (χ1) is 6.67. The van der Waals surface area contributed by atoms with E-state index < -0.39 is 5.92 Å². The third kappa shape index (κ3) is 4.40. The summed E-state index contributed by atoms with van der Waals surface area (Å²) in [6, 6.07) is 0. The van der Waals surface area contributed by atoms with Crippen LogP contribution in [0.1, 0.15) is 46.0 Å². The zero-order valence-electron chi connectivity index (χ0n) is 9.34. The summed E-state index contributed by atoms with van der Waals surface area (Å²) in [6.45, 7) is 3.98. The molecule has 14 heavy (non-hydrogen) atoms. The number of unbranched alkanes of at least 4 members (excludes halogenated alkanes) is 1. The number of hydrogen-bond acceptors (Lipinski definition) is 3. The highest BCUT2D eigenvalue weighted by Gasteiger charge is 2.25. The number of methoxy groups -OCH3 is 1. The van der Waals surface area contributed by atoms with Crippen molar-refractivity contribution in [2.75, 3.05) is 7.11 Å². The highest BCUT2D eigenvalue weighted by molar-refractivity contribution is 5.98. The Hall–Kier alpha value is -0.860. The number of rotatable bonds is 7. The van der Waals surface area contributed by atoms with Crippen LogP contribution in [0.5, 0.6) is 0 Å². The van der Waals surface area contributed by atoms with Gasteiger partial charge in [-0.1, -0.05) is 26.7 Å². The smallest absolute Gasteiger partial charge is 0.316 e. The maximum atomic E-state index is 11.5. The van der Waals surface area contributed by atoms with Crippen LogP contribution in [-0.2, 0) is 14.3 Å². The number of esters is 1. The van der Waals surface area contributed by atoms with Gasteiger partial charge in [0.05, 0.1) is 7.11 Å². The van der Waals surface area contributed by atoms with Gasteiger partial charge in [0, 0.05) is 6.42 Å². The molecule has 3 nitrogen and oxygen atoms in total. The normalized spacial score (nSPS) is 12.2. The zero-order chi connectivity index (χ0) is 11.0. The van der Waals surface area contributed by atoms with Gasteiger partial charge in [-0.05, 0) is 12.8 Å². The molecule has 0 aliphatic rings. The molecule has 0 radical (unpaired) electrons. The van der Waals surface area contributed by atoms with E-state index in [1.54, 1.807) is 0 Å². The number of carbonyl (C=O) groups excluding carboxylic acids is 2. The second kappa shape index (κ2) is 7.54. The van der Waals surface area contributed by atoms with Gasteiger partial charge in [0.2, 0.25) is 0 Å². The first-order valence-electron chi connectivity index (χ1n) is 5.27. The molecule has 0 rings (SSSR count). The standard InChI is InChI=1S/C11H20O3/c1-4-6-8-9(11(13)14-3)10(12)7-5-2/h9H,4-8H2,1-3H3. The van der Waals surface area contributed by atoms with E-state index in [9.17, 15) is 9.59 Å². The van der Waals surface area contributed by atoms with Crippen molar-refractivity contribution in [3.8, 4) is 0 Å². The van der Waals surface area contributed by atoms with Gasteiger partial charge in [0.25, 0.3) is 0 Å². The molecule has 0 aliphatic carbocycles. The molecule has 0 spiro atoms. The Kier molecular flexibility index (Phi) is 7.07. The Bertz CT molecular complexity index is 187. The Morgan fingerprint density at radius 2 is 1.86 bits per heavy atom. The molecular formula is C11H20O3. The third-order valence-corrected chi connectivity index (χ3v) is 2.22. The Balaban J connectivity index is 4.22. The van der Waals surface area contributed by atoms with Crippen LogP contribution in [0.2, 0.25) is 0 Å². The minimum atomic E-state index is -0.528. The van der Waals surface area contributed by atoms with E-state index in [2.05, 4.69) is 4.74 Å². The van der Waals surface area contributed by atoms with Crippen LogP contribution in [0.25, 0.3) is 0 Å². The molecule has 0 aliphatic heterocycles. The highest BCUT2D eigenvalue weighted by atomic mass is 16.5. The van der Waals surface area contributed by atoms with Crippen molar-refractivity contribution in [2.24, 2.45) is 5.92 Å². The monoisotopic (exact) mass is 200 g/mol. The Morgan fingerprint density at radius 3 is 2.29 bits per heavy atom. The number of carbonyl (C=O) groups is 2. The summed E-state index contributed by atoms with van der Waals surface area (Å²) in [7, 11) is 1.33. The molecule has 0 amide bonds. The van der Waals surface area contributed by atoms with Crippen LogP contribution < -0.4 is 0 Å². The lowest BCUT2D eigenvalue weighted by Crippen LogP contribution is -2.25. The van der Waals surface area contributed by atoms with Crippen molar-refractivity contribution in [1.29, 1.82) is 0 Å². The van der Waals surface area contributed by atoms with Crippen LogP contribution >= 0.6 is 0 Å². The van der Waals surface area contributed by atoms with Gasteiger partial charge in [0.1, 0.15) is 11.7 Å². The lowest BCUT2D eigenvalue weighted by molar-refractivity contribution is -0.149. The summed E-state index contributed by atoms with van der Waals surface area (Å²) in [4.78, 5) is 22.8. The SMILES string of the molecule is CCCCC(C(=O)CCC)C(=O)OC. The van der Waals surface area contributed by atoms with Crippen molar-refractivity contribution in [3.63, 3.8) is 0 Å². The van der Waals surface area contributed by atoms with Gasteiger partial charge in [-0.15, -0.1) is 0 Å². The van der Waals surface area contributed by atoms with Crippen LogP contribution in [0.15, 0.2) is 0 Å². The molecule has 0 aromatic carbocycles. The molecule has 0 saturated carbocycles. The number of hydrogen-bond donors (Lipinski definition) is 0. The van der Waals surface area contributed by atoms with Gasteiger partial charge in [-0.2, -0.15) is 0 Å². The van der Waals surface area contributed by atoms with Crippen molar-refractivity contribution < 1.29 is 14.3 Å². The third-order valence-electron chi connectivity index (χ3n) is 2.22. The van der Waals surface area contributed by atoms with Gasteiger partial charge >= 0.3 is 5.97 Å². The van der Waals surface area contributed by atoms with Gasteiger partial charge in [-0.3, -0.25) is 9.59 Å². The molecule has 0 bridgehead atoms. The van der Waals surface area contributed by atoms with E-state index in [-0.39, 0.29) is 11.8 Å². The topological polar surface area (TPSA) is 43.4 Å². The van der Waals surface area contributed by atoms with Gasteiger partial charge in [0.15, 0.2) is 0 Å². The van der Waals surface area contributed by atoms with Crippen LogP contribution in [0.4, 0.5) is 0 Å². The fourth-order valence-electron chi connectivity index (χ4n) is 1.38. The molecule has 82 valence electrons. The second-order valence-corrected chi connectivity index (χ2v) is 3.43. The lowest BCUT2D eigenvalue weighted by atomic mass is 9.95. The van der Waals surface area contributed by atoms with Crippen LogP contribution in [0, 0.1) is 5.92 Å². The molecule has 0 heterocycles.